The molecule has 0 radical (unpaired) electrons. The lowest BCUT2D eigenvalue weighted by Gasteiger charge is -2.13. The second-order valence-electron chi connectivity index (χ2n) is 5.93. The molecule has 0 spiro atoms. The third-order valence-corrected chi connectivity index (χ3v) is 4.22. The molecule has 1 amide bonds. The van der Waals surface area contributed by atoms with Crippen LogP contribution in [0.4, 0.5) is 4.39 Å². The molecule has 1 saturated heterocycles. The molecule has 0 aliphatic carbocycles. The lowest BCUT2D eigenvalue weighted by atomic mass is 10.1. The summed E-state index contributed by atoms with van der Waals surface area (Å²) in [6.07, 6.45) is -1.72. The van der Waals surface area contributed by atoms with Crippen molar-refractivity contribution < 1.29 is 13.9 Å². The summed E-state index contributed by atoms with van der Waals surface area (Å²) in [5.74, 6) is 0.553. The highest BCUT2D eigenvalue weighted by Gasteiger charge is 2.35. The van der Waals surface area contributed by atoms with E-state index in [0.717, 1.165) is 11.0 Å². The molecule has 1 aliphatic heterocycles. The van der Waals surface area contributed by atoms with Gasteiger partial charge in [-0.15, -0.1) is 0 Å². The molecule has 1 aromatic heterocycles. The van der Waals surface area contributed by atoms with Gasteiger partial charge in [-0.1, -0.05) is 0 Å². The number of carbonyl (C=O) groups excluding carboxylic acids is 1. The number of halogens is 1. The number of hydrogen-bond donors (Lipinski definition) is 1. The van der Waals surface area contributed by atoms with Gasteiger partial charge in [0.15, 0.2) is 0 Å². The molecule has 118 valence electrons. The summed E-state index contributed by atoms with van der Waals surface area (Å²) >= 11 is 0. The molecule has 6 heteroatoms. The Bertz CT molecular complexity index is 674. The summed E-state index contributed by atoms with van der Waals surface area (Å²) in [6.45, 7) is 6.16. The van der Waals surface area contributed by atoms with E-state index in [-0.39, 0.29) is 19.1 Å². The van der Waals surface area contributed by atoms with Crippen LogP contribution in [-0.4, -0.2) is 46.1 Å². The van der Waals surface area contributed by atoms with Crippen LogP contribution in [0.2, 0.25) is 0 Å². The van der Waals surface area contributed by atoms with Crippen molar-refractivity contribution >= 4 is 16.9 Å². The summed E-state index contributed by atoms with van der Waals surface area (Å²) in [4.78, 5) is 20.4. The fraction of sp³-hybridized carbons (Fsp3) is 0.500. The van der Waals surface area contributed by atoms with Crippen molar-refractivity contribution in [1.82, 2.24) is 14.9 Å². The minimum Gasteiger partial charge on any atom is -0.365 e. The van der Waals surface area contributed by atoms with Crippen molar-refractivity contribution in [3.05, 3.63) is 29.1 Å². The van der Waals surface area contributed by atoms with Crippen LogP contribution in [0, 0.1) is 13.8 Å². The van der Waals surface area contributed by atoms with E-state index in [4.69, 9.17) is 4.74 Å². The van der Waals surface area contributed by atoms with E-state index in [1.165, 1.54) is 23.0 Å². The monoisotopic (exact) mass is 305 g/mol. The SMILES string of the molecule is CC(=O)N1CC(F)C(OCc2nc3cc(C)c(C)cc3[nH]2)C1. The maximum atomic E-state index is 13.9. The third kappa shape index (κ3) is 2.83. The smallest absolute Gasteiger partial charge is 0.219 e. The Morgan fingerprint density at radius 2 is 2.14 bits per heavy atom. The number of aromatic amines is 1. The van der Waals surface area contributed by atoms with E-state index < -0.39 is 12.3 Å². The summed E-state index contributed by atoms with van der Waals surface area (Å²) in [7, 11) is 0. The number of alkyl halides is 1. The normalized spacial score (nSPS) is 21.7. The van der Waals surface area contributed by atoms with Crippen molar-refractivity contribution in [2.24, 2.45) is 0 Å². The molecule has 22 heavy (non-hydrogen) atoms. The largest absolute Gasteiger partial charge is 0.365 e. The Kier molecular flexibility index (Phi) is 3.87. The third-order valence-electron chi connectivity index (χ3n) is 4.22. The number of amides is 1. The Balaban J connectivity index is 1.68. The zero-order valence-electron chi connectivity index (χ0n) is 13.0. The number of carbonyl (C=O) groups is 1. The molecule has 0 saturated carbocycles. The quantitative estimate of drug-likeness (QED) is 0.946. The Labute approximate surface area is 128 Å². The van der Waals surface area contributed by atoms with Crippen LogP contribution < -0.4 is 0 Å². The number of aromatic nitrogens is 2. The van der Waals surface area contributed by atoms with Crippen LogP contribution in [0.5, 0.6) is 0 Å². The lowest BCUT2D eigenvalue weighted by Crippen LogP contribution is -2.27. The van der Waals surface area contributed by atoms with Crippen LogP contribution in [0.25, 0.3) is 11.0 Å². The van der Waals surface area contributed by atoms with Gasteiger partial charge in [0.2, 0.25) is 5.91 Å². The van der Waals surface area contributed by atoms with E-state index in [1.807, 2.05) is 26.0 Å². The molecule has 1 N–H and O–H groups in total. The van der Waals surface area contributed by atoms with E-state index in [1.54, 1.807) is 0 Å². The highest BCUT2D eigenvalue weighted by atomic mass is 19.1. The van der Waals surface area contributed by atoms with Crippen molar-refractivity contribution in [1.29, 1.82) is 0 Å². The summed E-state index contributed by atoms with van der Waals surface area (Å²) in [5.41, 5.74) is 4.22. The number of benzene rings is 1. The number of hydrogen-bond acceptors (Lipinski definition) is 3. The van der Waals surface area contributed by atoms with Gasteiger partial charge in [0.1, 0.15) is 24.7 Å². The molecule has 2 atom stereocenters. The summed E-state index contributed by atoms with van der Waals surface area (Å²) in [6, 6.07) is 4.07. The highest BCUT2D eigenvalue weighted by molar-refractivity contribution is 5.77. The minimum absolute atomic E-state index is 0.110. The summed E-state index contributed by atoms with van der Waals surface area (Å²) < 4.78 is 19.5. The zero-order chi connectivity index (χ0) is 15.9. The van der Waals surface area contributed by atoms with Crippen LogP contribution in [0.1, 0.15) is 23.9 Å². The van der Waals surface area contributed by atoms with Gasteiger partial charge >= 0.3 is 0 Å². The molecule has 1 aromatic carbocycles. The van der Waals surface area contributed by atoms with Gasteiger partial charge < -0.3 is 14.6 Å². The second kappa shape index (κ2) is 5.68. The average Bonchev–Trinajstić information content (AvgIpc) is 3.00. The van der Waals surface area contributed by atoms with Gasteiger partial charge in [-0.3, -0.25) is 4.79 Å². The van der Waals surface area contributed by atoms with Gasteiger partial charge in [-0.25, -0.2) is 9.37 Å². The molecule has 1 aliphatic rings. The van der Waals surface area contributed by atoms with Crippen LogP contribution in [-0.2, 0) is 16.1 Å². The van der Waals surface area contributed by atoms with E-state index in [2.05, 4.69) is 9.97 Å². The number of nitrogens with zero attached hydrogens (tertiary/aromatic N) is 2. The van der Waals surface area contributed by atoms with Crippen LogP contribution >= 0.6 is 0 Å². The van der Waals surface area contributed by atoms with E-state index >= 15 is 0 Å². The van der Waals surface area contributed by atoms with Crippen molar-refractivity contribution in [3.8, 4) is 0 Å². The van der Waals surface area contributed by atoms with Crippen LogP contribution in [0.3, 0.4) is 0 Å². The van der Waals surface area contributed by atoms with Gasteiger partial charge in [0.05, 0.1) is 17.6 Å². The minimum atomic E-state index is -1.14. The predicted octanol–water partition coefficient (Wildman–Crippen LogP) is 2.27. The molecular weight excluding hydrogens is 285 g/mol. The van der Waals surface area contributed by atoms with Crippen molar-refractivity contribution in [3.63, 3.8) is 0 Å². The Morgan fingerprint density at radius 1 is 1.41 bits per heavy atom. The molecule has 0 bridgehead atoms. The highest BCUT2D eigenvalue weighted by Crippen LogP contribution is 2.20. The number of imidazole rings is 1. The molecule has 1 fully saturated rings. The number of H-pyrrole nitrogens is 1. The number of rotatable bonds is 3. The summed E-state index contributed by atoms with van der Waals surface area (Å²) in [5, 5.41) is 0. The van der Waals surface area contributed by atoms with Crippen LogP contribution in [0.15, 0.2) is 12.1 Å². The second-order valence-corrected chi connectivity index (χ2v) is 5.93. The number of aryl methyl sites for hydroxylation is 2. The topological polar surface area (TPSA) is 58.2 Å². The maximum Gasteiger partial charge on any atom is 0.219 e. The zero-order valence-corrected chi connectivity index (χ0v) is 13.0. The molecule has 3 rings (SSSR count). The van der Waals surface area contributed by atoms with E-state index in [0.29, 0.717) is 12.4 Å². The maximum absolute atomic E-state index is 13.9. The lowest BCUT2D eigenvalue weighted by molar-refractivity contribution is -0.128. The van der Waals surface area contributed by atoms with Gasteiger partial charge in [-0.05, 0) is 37.1 Å². The van der Waals surface area contributed by atoms with Crippen molar-refractivity contribution in [2.75, 3.05) is 13.1 Å². The fourth-order valence-electron chi connectivity index (χ4n) is 2.73. The van der Waals surface area contributed by atoms with Crippen molar-refractivity contribution in [2.45, 2.75) is 39.7 Å². The average molecular weight is 305 g/mol. The first kappa shape index (κ1) is 15.0. The number of nitrogens with one attached hydrogen (secondary N) is 1. The predicted molar refractivity (Wildman–Crippen MR) is 81.3 cm³/mol. The molecule has 2 unspecified atom stereocenters. The number of ether oxygens (including phenoxy) is 1. The van der Waals surface area contributed by atoms with Gasteiger partial charge in [-0.2, -0.15) is 0 Å². The van der Waals surface area contributed by atoms with Gasteiger partial charge in [0.25, 0.3) is 0 Å². The Hall–Kier alpha value is -1.95. The standard InChI is InChI=1S/C16H20FN3O2/c1-9-4-13-14(5-10(9)2)19-16(18-13)8-22-15-7-20(11(3)21)6-12(15)17/h4-5,12,15H,6-8H2,1-3H3,(H,18,19). The first-order chi connectivity index (χ1) is 10.4. The Morgan fingerprint density at radius 3 is 2.82 bits per heavy atom. The van der Waals surface area contributed by atoms with Gasteiger partial charge in [0, 0.05) is 13.5 Å². The number of likely N-dealkylation sites (tertiary alicyclic amines) is 1. The molecular formula is C16H20FN3O2. The molecule has 2 aromatic rings. The first-order valence-corrected chi connectivity index (χ1v) is 7.41. The van der Waals surface area contributed by atoms with E-state index in [9.17, 15) is 9.18 Å². The number of fused-ring (bicyclic) bond motifs is 1. The first-order valence-electron chi connectivity index (χ1n) is 7.41. The fourth-order valence-corrected chi connectivity index (χ4v) is 2.73. The molecule has 5 nitrogen and oxygen atoms in total. The molecule has 2 heterocycles.